The SMILES string of the molecule is CC(C)(C)OC(=O)N(Cc1ccccc1)C1CC(O)CS(O)(O)C1. The van der Waals surface area contributed by atoms with E-state index in [2.05, 4.69) is 0 Å². The van der Waals surface area contributed by atoms with Gasteiger partial charge in [-0.25, -0.2) is 4.79 Å². The molecule has 0 aliphatic carbocycles. The van der Waals surface area contributed by atoms with Gasteiger partial charge < -0.3 is 9.84 Å². The monoisotopic (exact) mass is 357 g/mol. The molecule has 1 aliphatic heterocycles. The van der Waals surface area contributed by atoms with E-state index < -0.39 is 34.4 Å². The quantitative estimate of drug-likeness (QED) is 0.772. The Labute approximate surface area is 144 Å². The predicted molar refractivity (Wildman–Crippen MR) is 95.2 cm³/mol. The van der Waals surface area contributed by atoms with E-state index in [0.717, 1.165) is 5.56 Å². The van der Waals surface area contributed by atoms with Crippen LogP contribution in [-0.2, 0) is 11.3 Å². The lowest BCUT2D eigenvalue weighted by atomic mass is 10.1. The van der Waals surface area contributed by atoms with E-state index >= 15 is 0 Å². The van der Waals surface area contributed by atoms with E-state index in [0.29, 0.717) is 13.0 Å². The highest BCUT2D eigenvalue weighted by molar-refractivity contribution is 8.24. The molecule has 1 aromatic carbocycles. The van der Waals surface area contributed by atoms with Gasteiger partial charge in [-0.05, 0) is 32.8 Å². The van der Waals surface area contributed by atoms with Crippen molar-refractivity contribution in [2.24, 2.45) is 0 Å². The molecule has 1 aromatic rings. The lowest BCUT2D eigenvalue weighted by Gasteiger charge is -2.46. The number of aliphatic hydroxyl groups is 1. The van der Waals surface area contributed by atoms with Crippen LogP contribution in [0.3, 0.4) is 0 Å². The standard InChI is InChI=1S/C17H27NO5S/c1-17(2,3)23-16(20)18(10-13-7-5-4-6-8-13)14-9-15(19)12-24(21,22)11-14/h4-8,14-15,19,21-22H,9-12H2,1-3H3. The Morgan fingerprint density at radius 3 is 2.42 bits per heavy atom. The molecule has 3 N–H and O–H groups in total. The summed E-state index contributed by atoms with van der Waals surface area (Å²) in [6, 6.07) is 8.97. The highest BCUT2D eigenvalue weighted by Gasteiger charge is 2.37. The zero-order valence-corrected chi connectivity index (χ0v) is 15.2. The fourth-order valence-corrected chi connectivity index (χ4v) is 4.62. The molecular weight excluding hydrogens is 330 g/mol. The van der Waals surface area contributed by atoms with Gasteiger partial charge in [0.25, 0.3) is 0 Å². The average molecular weight is 357 g/mol. The summed E-state index contributed by atoms with van der Waals surface area (Å²) in [7, 11) is -2.90. The number of rotatable bonds is 3. The second kappa shape index (κ2) is 7.31. The van der Waals surface area contributed by atoms with E-state index in [-0.39, 0.29) is 11.5 Å². The first-order valence-electron chi connectivity index (χ1n) is 8.01. The van der Waals surface area contributed by atoms with Gasteiger partial charge in [-0.15, -0.1) is 0 Å². The van der Waals surface area contributed by atoms with Gasteiger partial charge in [-0.1, -0.05) is 30.3 Å². The molecule has 0 saturated carbocycles. The number of ether oxygens (including phenoxy) is 1. The molecule has 7 heteroatoms. The molecule has 2 atom stereocenters. The molecule has 136 valence electrons. The van der Waals surface area contributed by atoms with Crippen molar-refractivity contribution in [1.29, 1.82) is 0 Å². The minimum Gasteiger partial charge on any atom is -0.444 e. The van der Waals surface area contributed by atoms with E-state index in [1.807, 2.05) is 30.3 Å². The second-order valence-electron chi connectivity index (χ2n) is 7.27. The number of carbonyl (C=O) groups excluding carboxylic acids is 1. The van der Waals surface area contributed by atoms with Crippen LogP contribution < -0.4 is 0 Å². The van der Waals surface area contributed by atoms with E-state index in [1.165, 1.54) is 4.90 Å². The van der Waals surface area contributed by atoms with Gasteiger partial charge in [0.1, 0.15) is 5.60 Å². The Bertz CT molecular complexity index is 558. The number of amides is 1. The second-order valence-corrected chi connectivity index (χ2v) is 9.54. The number of benzene rings is 1. The van der Waals surface area contributed by atoms with Crippen LogP contribution in [0.5, 0.6) is 0 Å². The molecule has 2 rings (SSSR count). The minimum atomic E-state index is -2.90. The summed E-state index contributed by atoms with van der Waals surface area (Å²) >= 11 is 0. The largest absolute Gasteiger partial charge is 0.444 e. The Morgan fingerprint density at radius 1 is 1.25 bits per heavy atom. The number of carbonyl (C=O) groups is 1. The topological polar surface area (TPSA) is 90.2 Å². The Morgan fingerprint density at radius 2 is 1.88 bits per heavy atom. The summed E-state index contributed by atoms with van der Waals surface area (Å²) in [6.45, 7) is 5.65. The lowest BCUT2D eigenvalue weighted by Crippen LogP contribution is -2.50. The zero-order valence-electron chi connectivity index (χ0n) is 14.4. The Balaban J connectivity index is 2.23. The van der Waals surface area contributed by atoms with Crippen LogP contribution in [0, 0.1) is 0 Å². The molecule has 1 amide bonds. The fraction of sp³-hybridized carbons (Fsp3) is 0.588. The Kier molecular flexibility index (Phi) is 5.80. The van der Waals surface area contributed by atoms with Crippen molar-refractivity contribution in [2.45, 2.75) is 51.5 Å². The molecule has 0 radical (unpaired) electrons. The zero-order chi connectivity index (χ0) is 18.0. The molecule has 0 aromatic heterocycles. The maximum absolute atomic E-state index is 12.6. The highest BCUT2D eigenvalue weighted by atomic mass is 32.3. The lowest BCUT2D eigenvalue weighted by molar-refractivity contribution is 0.00990. The van der Waals surface area contributed by atoms with Crippen LogP contribution in [0.4, 0.5) is 4.79 Å². The van der Waals surface area contributed by atoms with Crippen LogP contribution >= 0.6 is 10.6 Å². The third-order valence-corrected chi connectivity index (χ3v) is 5.56. The third kappa shape index (κ3) is 5.66. The predicted octanol–water partition coefficient (Wildman–Crippen LogP) is 3.31. The van der Waals surface area contributed by atoms with Crippen molar-refractivity contribution in [2.75, 3.05) is 11.5 Å². The van der Waals surface area contributed by atoms with E-state index in [1.54, 1.807) is 20.8 Å². The maximum Gasteiger partial charge on any atom is 0.410 e. The fourth-order valence-electron chi connectivity index (χ4n) is 2.80. The molecule has 24 heavy (non-hydrogen) atoms. The van der Waals surface area contributed by atoms with Gasteiger partial charge in [-0.3, -0.25) is 14.0 Å². The first-order valence-corrected chi connectivity index (χ1v) is 9.89. The first-order chi connectivity index (χ1) is 11.1. The number of hydrogen-bond acceptors (Lipinski definition) is 5. The average Bonchev–Trinajstić information content (AvgIpc) is 2.41. The summed E-state index contributed by atoms with van der Waals surface area (Å²) in [5, 5.41) is 9.97. The van der Waals surface area contributed by atoms with Crippen molar-refractivity contribution in [3.8, 4) is 0 Å². The molecule has 1 heterocycles. The summed E-state index contributed by atoms with van der Waals surface area (Å²) in [5.74, 6) is 0.0349. The summed E-state index contributed by atoms with van der Waals surface area (Å²) in [5.41, 5.74) is 0.265. The minimum absolute atomic E-state index is 0.0308. The molecule has 0 bridgehead atoms. The van der Waals surface area contributed by atoms with Gasteiger partial charge >= 0.3 is 6.09 Å². The first kappa shape index (κ1) is 19.1. The van der Waals surface area contributed by atoms with Gasteiger partial charge in [-0.2, -0.15) is 10.6 Å². The van der Waals surface area contributed by atoms with Gasteiger partial charge in [0.05, 0.1) is 23.7 Å². The highest BCUT2D eigenvalue weighted by Crippen LogP contribution is 2.45. The number of aliphatic hydroxyl groups excluding tert-OH is 1. The van der Waals surface area contributed by atoms with Crippen LogP contribution in [0.1, 0.15) is 32.8 Å². The molecule has 6 nitrogen and oxygen atoms in total. The van der Waals surface area contributed by atoms with Gasteiger partial charge in [0.2, 0.25) is 0 Å². The third-order valence-electron chi connectivity index (χ3n) is 3.73. The molecule has 1 saturated heterocycles. The summed E-state index contributed by atoms with van der Waals surface area (Å²) in [4.78, 5) is 14.1. The van der Waals surface area contributed by atoms with Crippen molar-refractivity contribution >= 4 is 16.7 Å². The summed E-state index contributed by atoms with van der Waals surface area (Å²) in [6.07, 6.45) is -1.04. The van der Waals surface area contributed by atoms with Gasteiger partial charge in [0.15, 0.2) is 0 Å². The van der Waals surface area contributed by atoms with Crippen molar-refractivity contribution in [3.05, 3.63) is 35.9 Å². The normalized spacial score (nSPS) is 24.9. The van der Waals surface area contributed by atoms with Crippen molar-refractivity contribution in [3.63, 3.8) is 0 Å². The molecule has 2 unspecified atom stereocenters. The van der Waals surface area contributed by atoms with Crippen LogP contribution in [0.2, 0.25) is 0 Å². The van der Waals surface area contributed by atoms with Crippen LogP contribution in [0.25, 0.3) is 0 Å². The van der Waals surface area contributed by atoms with Crippen molar-refractivity contribution < 1.29 is 23.7 Å². The van der Waals surface area contributed by atoms with E-state index in [9.17, 15) is 19.0 Å². The number of nitrogens with zero attached hydrogens (tertiary/aromatic N) is 1. The molecule has 1 aliphatic rings. The van der Waals surface area contributed by atoms with Crippen molar-refractivity contribution in [1.82, 2.24) is 4.90 Å². The van der Waals surface area contributed by atoms with Gasteiger partial charge in [0, 0.05) is 6.54 Å². The van der Waals surface area contributed by atoms with Crippen LogP contribution in [-0.4, -0.2) is 54.5 Å². The number of hydrogen-bond donors (Lipinski definition) is 3. The maximum atomic E-state index is 12.6. The van der Waals surface area contributed by atoms with E-state index in [4.69, 9.17) is 4.74 Å². The van der Waals surface area contributed by atoms with Crippen LogP contribution in [0.15, 0.2) is 30.3 Å². The Hall–Kier alpha value is -1.28. The molecule has 1 fully saturated rings. The smallest absolute Gasteiger partial charge is 0.410 e. The molecular formula is C17H27NO5S. The summed E-state index contributed by atoms with van der Waals surface area (Å²) < 4.78 is 25.6. The molecule has 0 spiro atoms.